The predicted molar refractivity (Wildman–Crippen MR) is 120 cm³/mol. The largest absolute Gasteiger partial charge is 0.475 e. The Balaban J connectivity index is 1.25. The van der Waals surface area contributed by atoms with E-state index in [1.54, 1.807) is 17.2 Å². The summed E-state index contributed by atoms with van der Waals surface area (Å²) in [4.78, 5) is 23.5. The van der Waals surface area contributed by atoms with Crippen molar-refractivity contribution in [2.24, 2.45) is 11.7 Å². The first kappa shape index (κ1) is 21.6. The number of fused-ring (bicyclic) bond motifs is 2. The first-order chi connectivity index (χ1) is 15.9. The van der Waals surface area contributed by atoms with Crippen molar-refractivity contribution in [3.8, 4) is 5.88 Å². The molecule has 2 aliphatic heterocycles. The van der Waals surface area contributed by atoms with Crippen molar-refractivity contribution >= 4 is 22.8 Å². The predicted octanol–water partition coefficient (Wildman–Crippen LogP) is 2.21. The number of halogens is 2. The number of aryl methyl sites for hydroxylation is 1. The second kappa shape index (κ2) is 8.58. The molecule has 3 atom stereocenters. The van der Waals surface area contributed by atoms with Crippen LogP contribution in [0.3, 0.4) is 0 Å². The number of rotatable bonds is 5. The van der Waals surface area contributed by atoms with Crippen LogP contribution in [0.1, 0.15) is 22.8 Å². The summed E-state index contributed by atoms with van der Waals surface area (Å²) in [5, 5.41) is 3.93. The molecule has 0 aromatic carbocycles. The zero-order valence-corrected chi connectivity index (χ0v) is 18.2. The van der Waals surface area contributed by atoms with Gasteiger partial charge in [-0.2, -0.15) is 4.98 Å². The van der Waals surface area contributed by atoms with Crippen LogP contribution in [0.5, 0.6) is 5.88 Å². The van der Waals surface area contributed by atoms with Crippen molar-refractivity contribution in [2.75, 3.05) is 24.6 Å². The van der Waals surface area contributed by atoms with Crippen LogP contribution >= 0.6 is 0 Å². The molecule has 2 aliphatic rings. The van der Waals surface area contributed by atoms with E-state index in [4.69, 9.17) is 10.5 Å². The Bertz CT molecular complexity index is 1180. The molecule has 3 aromatic heterocycles. The van der Waals surface area contributed by atoms with Crippen molar-refractivity contribution in [1.82, 2.24) is 19.9 Å². The highest BCUT2D eigenvalue weighted by Gasteiger charge is 2.37. The van der Waals surface area contributed by atoms with Gasteiger partial charge in [0.1, 0.15) is 18.1 Å². The van der Waals surface area contributed by atoms with Gasteiger partial charge in [-0.1, -0.05) is 0 Å². The summed E-state index contributed by atoms with van der Waals surface area (Å²) in [6, 6.07) is 6.65. The first-order valence-electron chi connectivity index (χ1n) is 11.1. The Hall–Kier alpha value is -3.27. The molecule has 3 N–H and O–H groups in total. The standard InChI is InChI=1S/C23H26F2N6O2/c1-2-30-6-5-13-7-15(9-27-21(13)30)22(32)28-16-8-14-3-4-19(29-23(14)33-12-16)31-10-17(20(24)25)18(26)11-31/h3-7,9,16-18,20H,2,8,10-12,26H2,1H3,(H,28,32)/t16-,17?,18+/m1/s1. The molecule has 5 heterocycles. The highest BCUT2D eigenvalue weighted by Crippen LogP contribution is 2.30. The summed E-state index contributed by atoms with van der Waals surface area (Å²) in [6.45, 7) is 3.63. The van der Waals surface area contributed by atoms with Gasteiger partial charge in [-0.25, -0.2) is 13.8 Å². The minimum absolute atomic E-state index is 0.170. The molecule has 1 amide bonds. The fraction of sp³-hybridized carbons (Fsp3) is 0.435. The molecular formula is C23H26F2N6O2. The van der Waals surface area contributed by atoms with Crippen LogP contribution in [0.2, 0.25) is 0 Å². The normalized spacial score (nSPS) is 22.5. The van der Waals surface area contributed by atoms with Crippen LogP contribution in [0.4, 0.5) is 14.6 Å². The Morgan fingerprint density at radius 2 is 2.18 bits per heavy atom. The van der Waals surface area contributed by atoms with Crippen molar-refractivity contribution in [3.05, 3.63) is 47.8 Å². The van der Waals surface area contributed by atoms with Crippen LogP contribution in [0, 0.1) is 5.92 Å². The maximum absolute atomic E-state index is 13.1. The minimum atomic E-state index is -2.45. The van der Waals surface area contributed by atoms with E-state index in [9.17, 15) is 13.6 Å². The summed E-state index contributed by atoms with van der Waals surface area (Å²) in [7, 11) is 0. The zero-order valence-electron chi connectivity index (χ0n) is 18.2. The Kier molecular flexibility index (Phi) is 5.61. The van der Waals surface area contributed by atoms with E-state index < -0.39 is 18.4 Å². The highest BCUT2D eigenvalue weighted by molar-refractivity contribution is 5.97. The van der Waals surface area contributed by atoms with Crippen molar-refractivity contribution in [2.45, 2.75) is 38.4 Å². The number of hydrogen-bond donors (Lipinski definition) is 2. The zero-order chi connectivity index (χ0) is 23.1. The Morgan fingerprint density at radius 3 is 2.94 bits per heavy atom. The summed E-state index contributed by atoms with van der Waals surface area (Å²) in [5.41, 5.74) is 8.08. The number of nitrogens with one attached hydrogen (secondary N) is 1. The van der Waals surface area contributed by atoms with Gasteiger partial charge in [-0.15, -0.1) is 0 Å². The van der Waals surface area contributed by atoms with Gasteiger partial charge in [-0.05, 0) is 31.2 Å². The number of ether oxygens (including phenoxy) is 1. The molecule has 8 nitrogen and oxygen atoms in total. The molecule has 0 radical (unpaired) electrons. The number of aromatic nitrogens is 3. The number of amides is 1. The van der Waals surface area contributed by atoms with Crippen LogP contribution in [-0.2, 0) is 13.0 Å². The molecule has 5 rings (SSSR count). The lowest BCUT2D eigenvalue weighted by Gasteiger charge is -2.27. The summed E-state index contributed by atoms with van der Waals surface area (Å²) in [6.07, 6.45) is 1.65. The molecular weight excluding hydrogens is 430 g/mol. The van der Waals surface area contributed by atoms with Crippen LogP contribution in [0.15, 0.2) is 36.7 Å². The lowest BCUT2D eigenvalue weighted by Crippen LogP contribution is -2.43. The molecule has 33 heavy (non-hydrogen) atoms. The third-order valence-corrected chi connectivity index (χ3v) is 6.41. The van der Waals surface area contributed by atoms with Crippen molar-refractivity contribution in [3.63, 3.8) is 0 Å². The number of alkyl halides is 2. The van der Waals surface area contributed by atoms with E-state index in [2.05, 4.69) is 15.3 Å². The van der Waals surface area contributed by atoms with Gasteiger partial charge in [0.15, 0.2) is 0 Å². The van der Waals surface area contributed by atoms with Crippen molar-refractivity contribution < 1.29 is 18.3 Å². The molecule has 0 spiro atoms. The third kappa shape index (κ3) is 4.10. The second-order valence-electron chi connectivity index (χ2n) is 8.62. The number of nitrogens with two attached hydrogens (primary N) is 1. The molecule has 3 aromatic rings. The fourth-order valence-electron chi connectivity index (χ4n) is 4.55. The molecule has 174 valence electrons. The Labute approximate surface area is 189 Å². The molecule has 1 unspecified atom stereocenters. The van der Waals surface area contributed by atoms with E-state index in [0.717, 1.165) is 23.1 Å². The van der Waals surface area contributed by atoms with Gasteiger partial charge in [0.05, 0.1) is 17.5 Å². The van der Waals surface area contributed by atoms with Crippen LogP contribution < -0.4 is 20.7 Å². The number of carbonyl (C=O) groups excluding carboxylic acids is 1. The lowest BCUT2D eigenvalue weighted by atomic mass is 10.0. The maximum atomic E-state index is 13.1. The summed E-state index contributed by atoms with van der Waals surface area (Å²) in [5.74, 6) is -0.0266. The highest BCUT2D eigenvalue weighted by atomic mass is 19.3. The van der Waals surface area contributed by atoms with Crippen LogP contribution in [0.25, 0.3) is 11.0 Å². The monoisotopic (exact) mass is 456 g/mol. The molecule has 1 saturated heterocycles. The quantitative estimate of drug-likeness (QED) is 0.611. The fourth-order valence-corrected chi connectivity index (χ4v) is 4.55. The van der Waals surface area contributed by atoms with Gasteiger partial charge >= 0.3 is 0 Å². The van der Waals surface area contributed by atoms with E-state index in [1.807, 2.05) is 35.9 Å². The van der Waals surface area contributed by atoms with E-state index in [-0.39, 0.29) is 25.1 Å². The second-order valence-corrected chi connectivity index (χ2v) is 8.62. The minimum Gasteiger partial charge on any atom is -0.475 e. The SMILES string of the molecule is CCn1ccc2cc(C(=O)N[C@H]3COc4nc(N5CC(C(F)F)[C@@H](N)C5)ccc4C3)cnc21. The number of anilines is 1. The topological polar surface area (TPSA) is 98.3 Å². The number of nitrogens with zero attached hydrogens (tertiary/aromatic N) is 4. The van der Waals surface area contributed by atoms with Gasteiger partial charge in [0.2, 0.25) is 12.3 Å². The number of carbonyl (C=O) groups is 1. The van der Waals surface area contributed by atoms with Gasteiger partial charge < -0.3 is 25.3 Å². The van der Waals surface area contributed by atoms with Gasteiger partial charge in [0.25, 0.3) is 5.91 Å². The number of pyridine rings is 2. The lowest BCUT2D eigenvalue weighted by molar-refractivity contribution is 0.0804. The Morgan fingerprint density at radius 1 is 1.33 bits per heavy atom. The van der Waals surface area contributed by atoms with Gasteiger partial charge in [-0.3, -0.25) is 4.79 Å². The molecule has 0 saturated carbocycles. The smallest absolute Gasteiger partial charge is 0.253 e. The van der Waals surface area contributed by atoms with Crippen LogP contribution in [-0.4, -0.2) is 58.6 Å². The first-order valence-corrected chi connectivity index (χ1v) is 11.1. The van der Waals surface area contributed by atoms with E-state index in [0.29, 0.717) is 30.2 Å². The average Bonchev–Trinajstić information content (AvgIpc) is 3.41. The maximum Gasteiger partial charge on any atom is 0.253 e. The van der Waals surface area contributed by atoms with Crippen molar-refractivity contribution in [1.29, 1.82) is 0 Å². The molecule has 1 fully saturated rings. The van der Waals surface area contributed by atoms with Gasteiger partial charge in [0, 0.05) is 55.4 Å². The van der Waals surface area contributed by atoms with E-state index in [1.165, 1.54) is 0 Å². The number of hydrogen-bond acceptors (Lipinski definition) is 6. The molecule has 0 aliphatic carbocycles. The average molecular weight is 456 g/mol. The summed E-state index contributed by atoms with van der Waals surface area (Å²) >= 11 is 0. The third-order valence-electron chi connectivity index (χ3n) is 6.41. The van der Waals surface area contributed by atoms with E-state index >= 15 is 0 Å². The molecule has 0 bridgehead atoms. The summed E-state index contributed by atoms with van der Waals surface area (Å²) < 4.78 is 34.1. The molecule has 10 heteroatoms.